The Morgan fingerprint density at radius 3 is 2.52 bits per heavy atom. The van der Waals surface area contributed by atoms with Crippen molar-refractivity contribution < 1.29 is 4.79 Å². The predicted octanol–water partition coefficient (Wildman–Crippen LogP) is 2.12. The minimum absolute atomic E-state index is 0.130. The van der Waals surface area contributed by atoms with Gasteiger partial charge in [0, 0.05) is 12.6 Å². The first-order valence-electron chi connectivity index (χ1n) is 11.0. The molecule has 0 radical (unpaired) electrons. The number of carbonyl (C=O) groups is 1. The Morgan fingerprint density at radius 2 is 1.84 bits per heavy atom. The van der Waals surface area contributed by atoms with E-state index in [0.717, 1.165) is 35.8 Å². The van der Waals surface area contributed by atoms with E-state index in [4.69, 9.17) is 0 Å². The third kappa shape index (κ3) is 4.47. The predicted molar refractivity (Wildman–Crippen MR) is 119 cm³/mol. The van der Waals surface area contributed by atoms with E-state index in [1.165, 1.54) is 4.57 Å². The Bertz CT molecular complexity index is 1180. The van der Waals surface area contributed by atoms with Crippen molar-refractivity contribution in [3.8, 4) is 0 Å². The van der Waals surface area contributed by atoms with Crippen LogP contribution in [0.1, 0.15) is 45.1 Å². The van der Waals surface area contributed by atoms with Crippen molar-refractivity contribution in [2.75, 3.05) is 0 Å². The number of carbonyl (C=O) groups excluding carboxylic acids is 1. The van der Waals surface area contributed by atoms with Gasteiger partial charge in [-0.05, 0) is 24.3 Å². The van der Waals surface area contributed by atoms with E-state index in [1.807, 2.05) is 30.3 Å². The Balaban J connectivity index is 1.79. The van der Waals surface area contributed by atoms with Crippen LogP contribution in [0.25, 0.3) is 11.2 Å². The maximum absolute atomic E-state index is 13.3. The highest BCUT2D eigenvalue weighted by Gasteiger charge is 2.22. The summed E-state index contributed by atoms with van der Waals surface area (Å²) >= 11 is 0. The highest BCUT2D eigenvalue weighted by molar-refractivity contribution is 5.77. The molecule has 0 spiro atoms. The summed E-state index contributed by atoms with van der Waals surface area (Å²) in [6.45, 7) is 4.70. The van der Waals surface area contributed by atoms with Gasteiger partial charge in [0.25, 0.3) is 5.56 Å². The van der Waals surface area contributed by atoms with Gasteiger partial charge in [-0.2, -0.15) is 0 Å². The van der Waals surface area contributed by atoms with Crippen LogP contribution in [0.4, 0.5) is 0 Å². The molecule has 1 N–H and O–H groups in total. The maximum Gasteiger partial charge on any atom is 0.333 e. The van der Waals surface area contributed by atoms with Crippen molar-refractivity contribution in [1.82, 2.24) is 24.0 Å². The molecule has 1 aliphatic rings. The number of benzene rings is 1. The van der Waals surface area contributed by atoms with Gasteiger partial charge in [-0.1, -0.05) is 57.0 Å². The Labute approximate surface area is 180 Å². The molecular formula is C23H29N5O3. The standard InChI is InChI=1S/C23H29N5O3/c1-16(2)12-26-15-24-21-20(26)22(30)28(14-19(29)25-18-10-6-7-11-18)23(31)27(21)13-17-8-4-3-5-9-17/h3-5,8-9,15-16,18H,6-7,10-14H2,1-2H3,(H,25,29). The van der Waals surface area contributed by atoms with E-state index >= 15 is 0 Å². The van der Waals surface area contributed by atoms with Crippen molar-refractivity contribution >= 4 is 17.1 Å². The molecule has 1 aliphatic carbocycles. The zero-order valence-corrected chi connectivity index (χ0v) is 18.1. The third-order valence-electron chi connectivity index (χ3n) is 5.75. The minimum Gasteiger partial charge on any atom is -0.352 e. The molecule has 2 aromatic heterocycles. The Hall–Kier alpha value is -3.16. The summed E-state index contributed by atoms with van der Waals surface area (Å²) in [7, 11) is 0. The number of imidazole rings is 1. The molecule has 3 aromatic rings. The van der Waals surface area contributed by atoms with E-state index in [0.29, 0.717) is 23.6 Å². The second-order valence-corrected chi connectivity index (χ2v) is 8.76. The Kier molecular flexibility index (Phi) is 6.06. The summed E-state index contributed by atoms with van der Waals surface area (Å²) in [5.41, 5.74) is 0.650. The van der Waals surface area contributed by atoms with Gasteiger partial charge in [-0.25, -0.2) is 14.3 Å². The van der Waals surface area contributed by atoms with Gasteiger partial charge in [0.05, 0.1) is 12.9 Å². The fourth-order valence-electron chi connectivity index (χ4n) is 4.31. The van der Waals surface area contributed by atoms with Crippen molar-refractivity contribution in [2.24, 2.45) is 5.92 Å². The zero-order chi connectivity index (χ0) is 22.0. The number of nitrogens with zero attached hydrogens (tertiary/aromatic N) is 4. The van der Waals surface area contributed by atoms with Crippen molar-refractivity contribution in [3.63, 3.8) is 0 Å². The van der Waals surface area contributed by atoms with Crippen LogP contribution in [0, 0.1) is 5.92 Å². The molecule has 1 fully saturated rings. The zero-order valence-electron chi connectivity index (χ0n) is 18.1. The van der Waals surface area contributed by atoms with Crippen LogP contribution in [0.2, 0.25) is 0 Å². The van der Waals surface area contributed by atoms with E-state index in [9.17, 15) is 14.4 Å². The van der Waals surface area contributed by atoms with E-state index in [1.54, 1.807) is 10.9 Å². The number of aromatic nitrogens is 4. The maximum atomic E-state index is 13.3. The summed E-state index contributed by atoms with van der Waals surface area (Å²) < 4.78 is 4.33. The van der Waals surface area contributed by atoms with Crippen molar-refractivity contribution in [1.29, 1.82) is 0 Å². The molecule has 0 bridgehead atoms. The molecule has 8 heteroatoms. The summed E-state index contributed by atoms with van der Waals surface area (Å²) in [5.74, 6) is -0.00273. The van der Waals surface area contributed by atoms with Crippen LogP contribution in [0.3, 0.4) is 0 Å². The molecule has 8 nitrogen and oxygen atoms in total. The van der Waals surface area contributed by atoms with Gasteiger partial charge in [0.1, 0.15) is 6.54 Å². The molecule has 1 aromatic carbocycles. The molecule has 0 unspecified atom stereocenters. The molecule has 1 amide bonds. The van der Waals surface area contributed by atoms with Gasteiger partial charge in [-0.15, -0.1) is 0 Å². The second kappa shape index (κ2) is 8.91. The van der Waals surface area contributed by atoms with Crippen molar-refractivity contribution in [2.45, 2.75) is 65.2 Å². The highest BCUT2D eigenvalue weighted by atomic mass is 16.2. The summed E-state index contributed by atoms with van der Waals surface area (Å²) in [6.07, 6.45) is 5.68. The van der Waals surface area contributed by atoms with Gasteiger partial charge < -0.3 is 9.88 Å². The smallest absolute Gasteiger partial charge is 0.333 e. The number of hydrogen-bond donors (Lipinski definition) is 1. The van der Waals surface area contributed by atoms with Crippen LogP contribution in [-0.4, -0.2) is 30.6 Å². The molecule has 0 aliphatic heterocycles. The summed E-state index contributed by atoms with van der Waals surface area (Å²) in [5, 5.41) is 2.97. The largest absolute Gasteiger partial charge is 0.352 e. The molecule has 31 heavy (non-hydrogen) atoms. The molecule has 2 heterocycles. The van der Waals surface area contributed by atoms with Crippen LogP contribution in [0.5, 0.6) is 0 Å². The molecule has 4 rings (SSSR count). The monoisotopic (exact) mass is 423 g/mol. The number of amides is 1. The van der Waals surface area contributed by atoms with Gasteiger partial charge >= 0.3 is 5.69 Å². The lowest BCUT2D eigenvalue weighted by molar-refractivity contribution is -0.122. The number of nitrogens with one attached hydrogen (secondary N) is 1. The lowest BCUT2D eigenvalue weighted by Crippen LogP contribution is -2.45. The molecular weight excluding hydrogens is 394 g/mol. The number of fused-ring (bicyclic) bond motifs is 1. The molecule has 0 atom stereocenters. The highest BCUT2D eigenvalue weighted by Crippen LogP contribution is 2.17. The van der Waals surface area contributed by atoms with Crippen LogP contribution < -0.4 is 16.6 Å². The first kappa shape index (κ1) is 21.1. The second-order valence-electron chi connectivity index (χ2n) is 8.76. The average molecular weight is 424 g/mol. The number of rotatable bonds is 7. The van der Waals surface area contributed by atoms with Gasteiger partial charge in [0.2, 0.25) is 5.91 Å². The van der Waals surface area contributed by atoms with Gasteiger partial charge in [0.15, 0.2) is 11.2 Å². The van der Waals surface area contributed by atoms with E-state index in [2.05, 4.69) is 24.1 Å². The molecule has 1 saturated carbocycles. The van der Waals surface area contributed by atoms with E-state index in [-0.39, 0.29) is 25.0 Å². The van der Waals surface area contributed by atoms with Crippen molar-refractivity contribution in [3.05, 3.63) is 63.1 Å². The van der Waals surface area contributed by atoms with Crippen LogP contribution in [0.15, 0.2) is 46.2 Å². The van der Waals surface area contributed by atoms with Gasteiger partial charge in [-0.3, -0.25) is 14.2 Å². The molecule has 0 saturated heterocycles. The third-order valence-corrected chi connectivity index (χ3v) is 5.75. The first-order chi connectivity index (χ1) is 14.9. The molecule has 164 valence electrons. The topological polar surface area (TPSA) is 90.9 Å². The quantitative estimate of drug-likeness (QED) is 0.630. The summed E-state index contributed by atoms with van der Waals surface area (Å²) in [6, 6.07) is 9.69. The van der Waals surface area contributed by atoms with Crippen LogP contribution >= 0.6 is 0 Å². The SMILES string of the molecule is CC(C)Cn1cnc2c1c(=O)n(CC(=O)NC1CCCC1)c(=O)n2Cc1ccccc1. The Morgan fingerprint density at radius 1 is 1.13 bits per heavy atom. The average Bonchev–Trinajstić information content (AvgIpc) is 3.39. The fourth-order valence-corrected chi connectivity index (χ4v) is 4.31. The fraction of sp³-hybridized carbons (Fsp3) is 0.478. The van der Waals surface area contributed by atoms with Crippen LogP contribution in [-0.2, 0) is 24.4 Å². The minimum atomic E-state index is -0.516. The lowest BCUT2D eigenvalue weighted by Gasteiger charge is -2.15. The number of hydrogen-bond acceptors (Lipinski definition) is 4. The summed E-state index contributed by atoms with van der Waals surface area (Å²) in [4.78, 5) is 43.7. The lowest BCUT2D eigenvalue weighted by atomic mass is 10.2. The normalized spacial score (nSPS) is 14.5. The first-order valence-corrected chi connectivity index (χ1v) is 11.0. The van der Waals surface area contributed by atoms with E-state index < -0.39 is 11.2 Å².